The Balaban J connectivity index is 2.69. The lowest BCUT2D eigenvalue weighted by atomic mass is 9.99. The molecule has 0 aromatic carbocycles. The molecule has 0 aliphatic carbocycles. The first kappa shape index (κ1) is 13.0. The second-order valence-corrected chi connectivity index (χ2v) is 4.76. The average Bonchev–Trinajstić information content (AvgIpc) is 2.28. The SMILES string of the molecule is CN(C(=O)[C@H]1CCCCN1)C(C)(C)C(=O)O. The minimum absolute atomic E-state index is 0.132. The summed E-state index contributed by atoms with van der Waals surface area (Å²) < 4.78 is 0. The molecule has 1 fully saturated rings. The number of carboxylic acid groups (broad SMARTS) is 1. The molecule has 2 N–H and O–H groups in total. The molecular weight excluding hydrogens is 208 g/mol. The van der Waals surface area contributed by atoms with Crippen molar-refractivity contribution in [3.63, 3.8) is 0 Å². The highest BCUT2D eigenvalue weighted by Gasteiger charge is 2.37. The summed E-state index contributed by atoms with van der Waals surface area (Å²) in [5, 5.41) is 12.2. The Morgan fingerprint density at radius 2 is 2.00 bits per heavy atom. The molecule has 1 saturated heterocycles. The second-order valence-electron chi connectivity index (χ2n) is 4.76. The minimum Gasteiger partial charge on any atom is -0.480 e. The van der Waals surface area contributed by atoms with E-state index in [1.807, 2.05) is 0 Å². The number of carboxylic acids is 1. The predicted molar refractivity (Wildman–Crippen MR) is 60.1 cm³/mol. The molecule has 1 rings (SSSR count). The van der Waals surface area contributed by atoms with E-state index in [0.29, 0.717) is 0 Å². The van der Waals surface area contributed by atoms with Gasteiger partial charge in [0, 0.05) is 7.05 Å². The van der Waals surface area contributed by atoms with Crippen molar-refractivity contribution in [2.24, 2.45) is 0 Å². The predicted octanol–water partition coefficient (Wildman–Crippen LogP) is 0.450. The number of nitrogens with one attached hydrogen (secondary N) is 1. The van der Waals surface area contributed by atoms with E-state index in [1.165, 1.54) is 18.7 Å². The monoisotopic (exact) mass is 228 g/mol. The molecule has 5 heteroatoms. The molecule has 0 aromatic heterocycles. The van der Waals surface area contributed by atoms with Crippen molar-refractivity contribution in [3.8, 4) is 0 Å². The van der Waals surface area contributed by atoms with Gasteiger partial charge in [-0.3, -0.25) is 4.79 Å². The van der Waals surface area contributed by atoms with Gasteiger partial charge >= 0.3 is 5.97 Å². The van der Waals surface area contributed by atoms with Gasteiger partial charge in [-0.1, -0.05) is 6.42 Å². The number of hydrogen-bond donors (Lipinski definition) is 2. The van der Waals surface area contributed by atoms with Crippen molar-refractivity contribution in [1.82, 2.24) is 10.2 Å². The number of likely N-dealkylation sites (N-methyl/N-ethyl adjacent to an activating group) is 1. The van der Waals surface area contributed by atoms with Crippen molar-refractivity contribution in [1.29, 1.82) is 0 Å². The molecule has 0 unspecified atom stereocenters. The number of amides is 1. The number of rotatable bonds is 3. The van der Waals surface area contributed by atoms with Crippen LogP contribution in [-0.4, -0.2) is 47.1 Å². The van der Waals surface area contributed by atoms with Crippen LogP contribution in [0.15, 0.2) is 0 Å². The standard InChI is InChI=1S/C11H20N2O3/c1-11(2,10(15)16)13(3)9(14)8-6-4-5-7-12-8/h8,12H,4-7H2,1-3H3,(H,15,16)/t8-/m1/s1. The molecule has 1 atom stereocenters. The number of aliphatic carboxylic acids is 1. The van der Waals surface area contributed by atoms with E-state index in [0.717, 1.165) is 25.8 Å². The number of nitrogens with zero attached hydrogens (tertiary/aromatic N) is 1. The zero-order chi connectivity index (χ0) is 12.3. The molecular formula is C11H20N2O3. The third kappa shape index (κ3) is 2.52. The average molecular weight is 228 g/mol. The van der Waals surface area contributed by atoms with Gasteiger partial charge in [0.15, 0.2) is 0 Å². The second kappa shape index (κ2) is 4.82. The molecule has 0 spiro atoms. The van der Waals surface area contributed by atoms with Gasteiger partial charge in [0.05, 0.1) is 6.04 Å². The zero-order valence-corrected chi connectivity index (χ0v) is 10.1. The molecule has 0 radical (unpaired) electrons. The van der Waals surface area contributed by atoms with Gasteiger partial charge in [-0.05, 0) is 33.2 Å². The molecule has 0 aromatic rings. The van der Waals surface area contributed by atoms with Gasteiger partial charge in [-0.2, -0.15) is 0 Å². The normalized spacial score (nSPS) is 21.6. The summed E-state index contributed by atoms with van der Waals surface area (Å²) in [6.07, 6.45) is 2.89. The Morgan fingerprint density at radius 3 is 2.44 bits per heavy atom. The maximum atomic E-state index is 12.0. The largest absolute Gasteiger partial charge is 0.480 e. The van der Waals surface area contributed by atoms with Crippen LogP contribution in [0, 0.1) is 0 Å². The zero-order valence-electron chi connectivity index (χ0n) is 10.1. The number of carbonyl (C=O) groups is 2. The molecule has 5 nitrogen and oxygen atoms in total. The Labute approximate surface area is 95.8 Å². The Hall–Kier alpha value is -1.10. The van der Waals surface area contributed by atoms with Crippen LogP contribution in [0.2, 0.25) is 0 Å². The van der Waals surface area contributed by atoms with Crippen LogP contribution in [0.4, 0.5) is 0 Å². The summed E-state index contributed by atoms with van der Waals surface area (Å²) in [6.45, 7) is 3.91. The van der Waals surface area contributed by atoms with Gasteiger partial charge in [-0.25, -0.2) is 4.79 Å². The molecule has 0 saturated carbocycles. The van der Waals surface area contributed by atoms with Gasteiger partial charge in [0.25, 0.3) is 0 Å². The minimum atomic E-state index is -1.16. The van der Waals surface area contributed by atoms with E-state index in [9.17, 15) is 9.59 Å². The molecule has 92 valence electrons. The quantitative estimate of drug-likeness (QED) is 0.736. The van der Waals surface area contributed by atoms with Crippen LogP contribution < -0.4 is 5.32 Å². The third-order valence-electron chi connectivity index (χ3n) is 3.30. The fourth-order valence-corrected chi connectivity index (χ4v) is 1.72. The van der Waals surface area contributed by atoms with E-state index in [4.69, 9.17) is 5.11 Å². The maximum absolute atomic E-state index is 12.0. The highest BCUT2D eigenvalue weighted by Crippen LogP contribution is 2.17. The van der Waals surface area contributed by atoms with Crippen LogP contribution in [-0.2, 0) is 9.59 Å². The Bertz CT molecular complexity index is 283. The van der Waals surface area contributed by atoms with E-state index in [-0.39, 0.29) is 11.9 Å². The van der Waals surface area contributed by atoms with E-state index in [2.05, 4.69) is 5.32 Å². The Morgan fingerprint density at radius 1 is 1.38 bits per heavy atom. The molecule has 0 bridgehead atoms. The molecule has 1 amide bonds. The highest BCUT2D eigenvalue weighted by molar-refractivity contribution is 5.88. The lowest BCUT2D eigenvalue weighted by Gasteiger charge is -2.35. The fraction of sp³-hybridized carbons (Fsp3) is 0.818. The van der Waals surface area contributed by atoms with Gasteiger partial charge < -0.3 is 15.3 Å². The van der Waals surface area contributed by atoms with Crippen molar-refractivity contribution in [2.75, 3.05) is 13.6 Å². The number of piperidine rings is 1. The number of carbonyl (C=O) groups excluding carboxylic acids is 1. The third-order valence-corrected chi connectivity index (χ3v) is 3.30. The lowest BCUT2D eigenvalue weighted by Crippen LogP contribution is -2.57. The topological polar surface area (TPSA) is 69.6 Å². The maximum Gasteiger partial charge on any atom is 0.329 e. The summed E-state index contributed by atoms with van der Waals surface area (Å²) >= 11 is 0. The Kier molecular flexibility index (Phi) is 3.91. The highest BCUT2D eigenvalue weighted by atomic mass is 16.4. The molecule has 1 aliphatic heterocycles. The smallest absolute Gasteiger partial charge is 0.329 e. The van der Waals surface area contributed by atoms with E-state index < -0.39 is 11.5 Å². The van der Waals surface area contributed by atoms with Crippen LogP contribution in [0.5, 0.6) is 0 Å². The van der Waals surface area contributed by atoms with Gasteiger partial charge in [0.1, 0.15) is 5.54 Å². The molecule has 1 aliphatic rings. The van der Waals surface area contributed by atoms with Gasteiger partial charge in [0.2, 0.25) is 5.91 Å². The van der Waals surface area contributed by atoms with Gasteiger partial charge in [-0.15, -0.1) is 0 Å². The van der Waals surface area contributed by atoms with E-state index in [1.54, 1.807) is 7.05 Å². The van der Waals surface area contributed by atoms with Crippen molar-refractivity contribution < 1.29 is 14.7 Å². The first-order valence-electron chi connectivity index (χ1n) is 5.62. The molecule has 1 heterocycles. The van der Waals surface area contributed by atoms with Crippen LogP contribution in [0.1, 0.15) is 33.1 Å². The summed E-state index contributed by atoms with van der Waals surface area (Å²) in [7, 11) is 1.55. The summed E-state index contributed by atoms with van der Waals surface area (Å²) in [5.74, 6) is -1.12. The van der Waals surface area contributed by atoms with Crippen LogP contribution in [0.3, 0.4) is 0 Å². The summed E-state index contributed by atoms with van der Waals surface area (Å²) in [4.78, 5) is 24.4. The molecule has 16 heavy (non-hydrogen) atoms. The first-order valence-corrected chi connectivity index (χ1v) is 5.62. The number of hydrogen-bond acceptors (Lipinski definition) is 3. The van der Waals surface area contributed by atoms with Crippen molar-refractivity contribution in [2.45, 2.75) is 44.7 Å². The summed E-state index contributed by atoms with van der Waals surface area (Å²) in [6, 6.07) is -0.225. The first-order chi connectivity index (χ1) is 7.37. The van der Waals surface area contributed by atoms with Crippen molar-refractivity contribution in [3.05, 3.63) is 0 Å². The van der Waals surface area contributed by atoms with E-state index >= 15 is 0 Å². The van der Waals surface area contributed by atoms with Crippen molar-refractivity contribution >= 4 is 11.9 Å². The fourth-order valence-electron chi connectivity index (χ4n) is 1.72. The van der Waals surface area contributed by atoms with Crippen LogP contribution in [0.25, 0.3) is 0 Å². The van der Waals surface area contributed by atoms with Crippen LogP contribution >= 0.6 is 0 Å². The lowest BCUT2D eigenvalue weighted by molar-refractivity contribution is -0.156. The summed E-state index contributed by atoms with van der Waals surface area (Å²) in [5.41, 5.74) is -1.16.